The first kappa shape index (κ1) is 11.6. The third-order valence-electron chi connectivity index (χ3n) is 3.40. The van der Waals surface area contributed by atoms with Crippen LogP contribution in [0, 0.1) is 6.92 Å². The van der Waals surface area contributed by atoms with Gasteiger partial charge in [0.05, 0.1) is 0 Å². The fraction of sp³-hybridized carbons (Fsp3) is 0.571. The van der Waals surface area contributed by atoms with E-state index < -0.39 is 0 Å². The van der Waals surface area contributed by atoms with Crippen molar-refractivity contribution in [1.29, 1.82) is 0 Å². The van der Waals surface area contributed by atoms with Crippen molar-refractivity contribution >= 4 is 0 Å². The van der Waals surface area contributed by atoms with Gasteiger partial charge in [-0.3, -0.25) is 0 Å². The molecule has 0 bridgehead atoms. The van der Waals surface area contributed by atoms with Gasteiger partial charge in [-0.2, -0.15) is 0 Å². The van der Waals surface area contributed by atoms with E-state index in [1.807, 2.05) is 0 Å². The Balaban J connectivity index is 1.91. The summed E-state index contributed by atoms with van der Waals surface area (Å²) >= 11 is 0. The molecule has 0 radical (unpaired) electrons. The van der Waals surface area contributed by atoms with E-state index in [2.05, 4.69) is 43.4 Å². The second kappa shape index (κ2) is 4.98. The zero-order valence-corrected chi connectivity index (χ0v) is 10.3. The summed E-state index contributed by atoms with van der Waals surface area (Å²) < 4.78 is 5.40. The molecule has 1 heterocycles. The highest BCUT2D eigenvalue weighted by molar-refractivity contribution is 5.22. The summed E-state index contributed by atoms with van der Waals surface area (Å²) in [6, 6.07) is 8.69. The third kappa shape index (κ3) is 3.06. The first-order chi connectivity index (χ1) is 7.68. The van der Waals surface area contributed by atoms with E-state index in [1.54, 1.807) is 0 Å². The predicted octanol–water partition coefficient (Wildman–Crippen LogP) is 2.65. The Hall–Kier alpha value is -0.860. The van der Waals surface area contributed by atoms with Crippen molar-refractivity contribution in [2.75, 3.05) is 13.2 Å². The molecule has 1 fully saturated rings. The molecule has 2 nitrogen and oxygen atoms in total. The molecule has 1 aromatic carbocycles. The molecule has 1 N–H and O–H groups in total. The van der Waals surface area contributed by atoms with Gasteiger partial charge >= 0.3 is 0 Å². The highest BCUT2D eigenvalue weighted by atomic mass is 16.5. The number of aryl methyl sites for hydroxylation is 1. The maximum Gasteiger partial charge on any atom is 0.0483 e. The van der Waals surface area contributed by atoms with Crippen LogP contribution in [0.4, 0.5) is 0 Å². The SMILES string of the molecule is Cc1cccc(CNC2(C)CCOCC2)c1. The van der Waals surface area contributed by atoms with Gasteiger partial charge in [-0.15, -0.1) is 0 Å². The summed E-state index contributed by atoms with van der Waals surface area (Å²) in [4.78, 5) is 0. The Morgan fingerprint density at radius 1 is 1.31 bits per heavy atom. The number of benzene rings is 1. The quantitative estimate of drug-likeness (QED) is 0.844. The third-order valence-corrected chi connectivity index (χ3v) is 3.40. The average molecular weight is 219 g/mol. The highest BCUT2D eigenvalue weighted by Crippen LogP contribution is 2.20. The van der Waals surface area contributed by atoms with Crippen LogP contribution in [-0.2, 0) is 11.3 Å². The molecule has 0 saturated carbocycles. The second-order valence-electron chi connectivity index (χ2n) is 5.02. The van der Waals surface area contributed by atoms with Gasteiger partial charge in [-0.25, -0.2) is 0 Å². The van der Waals surface area contributed by atoms with E-state index >= 15 is 0 Å². The zero-order chi connectivity index (χ0) is 11.4. The van der Waals surface area contributed by atoms with Crippen LogP contribution in [0.5, 0.6) is 0 Å². The minimum atomic E-state index is 0.252. The van der Waals surface area contributed by atoms with E-state index in [0.717, 1.165) is 32.6 Å². The minimum absolute atomic E-state index is 0.252. The Morgan fingerprint density at radius 3 is 2.75 bits per heavy atom. The van der Waals surface area contributed by atoms with Gasteiger partial charge < -0.3 is 10.1 Å². The van der Waals surface area contributed by atoms with Crippen LogP contribution in [0.2, 0.25) is 0 Å². The fourth-order valence-corrected chi connectivity index (χ4v) is 2.14. The van der Waals surface area contributed by atoms with Gasteiger partial charge in [0.2, 0.25) is 0 Å². The molecule has 2 rings (SSSR count). The van der Waals surface area contributed by atoms with Gasteiger partial charge in [-0.1, -0.05) is 29.8 Å². The van der Waals surface area contributed by atoms with Crippen LogP contribution in [0.1, 0.15) is 30.9 Å². The lowest BCUT2D eigenvalue weighted by Crippen LogP contribution is -2.46. The van der Waals surface area contributed by atoms with Gasteiger partial charge in [0.25, 0.3) is 0 Å². The Morgan fingerprint density at radius 2 is 2.06 bits per heavy atom. The Labute approximate surface area is 98.0 Å². The number of rotatable bonds is 3. The average Bonchev–Trinajstić information content (AvgIpc) is 2.28. The molecule has 1 aliphatic heterocycles. The zero-order valence-electron chi connectivity index (χ0n) is 10.3. The summed E-state index contributed by atoms with van der Waals surface area (Å²) in [5, 5.41) is 3.66. The van der Waals surface area contributed by atoms with Crippen molar-refractivity contribution in [3.63, 3.8) is 0 Å². The van der Waals surface area contributed by atoms with Crippen LogP contribution >= 0.6 is 0 Å². The lowest BCUT2D eigenvalue weighted by Gasteiger charge is -2.34. The number of ether oxygens (including phenoxy) is 1. The summed E-state index contributed by atoms with van der Waals surface area (Å²) in [5.74, 6) is 0. The van der Waals surface area contributed by atoms with Crippen molar-refractivity contribution < 1.29 is 4.74 Å². The summed E-state index contributed by atoms with van der Waals surface area (Å²) in [7, 11) is 0. The maximum absolute atomic E-state index is 5.40. The van der Waals surface area contributed by atoms with Gasteiger partial charge in [0.1, 0.15) is 0 Å². The van der Waals surface area contributed by atoms with E-state index in [-0.39, 0.29) is 5.54 Å². The highest BCUT2D eigenvalue weighted by Gasteiger charge is 2.26. The second-order valence-corrected chi connectivity index (χ2v) is 5.02. The van der Waals surface area contributed by atoms with Gasteiger partial charge in [0.15, 0.2) is 0 Å². The molecule has 1 aliphatic rings. The number of nitrogens with one attached hydrogen (secondary N) is 1. The summed E-state index contributed by atoms with van der Waals surface area (Å²) in [6.07, 6.45) is 2.22. The van der Waals surface area contributed by atoms with Gasteiger partial charge in [-0.05, 0) is 32.3 Å². The van der Waals surface area contributed by atoms with Crippen molar-refractivity contribution in [3.05, 3.63) is 35.4 Å². The molecule has 0 amide bonds. The molecular weight excluding hydrogens is 198 g/mol. The molecule has 0 unspecified atom stereocenters. The number of hydrogen-bond acceptors (Lipinski definition) is 2. The molecule has 1 saturated heterocycles. The Bertz CT molecular complexity index is 342. The standard InChI is InChI=1S/C14H21NO/c1-12-4-3-5-13(10-12)11-15-14(2)6-8-16-9-7-14/h3-5,10,15H,6-9,11H2,1-2H3. The molecule has 88 valence electrons. The minimum Gasteiger partial charge on any atom is -0.381 e. The predicted molar refractivity (Wildman–Crippen MR) is 66.5 cm³/mol. The fourth-order valence-electron chi connectivity index (χ4n) is 2.14. The summed E-state index contributed by atoms with van der Waals surface area (Å²) in [6.45, 7) is 7.16. The largest absolute Gasteiger partial charge is 0.381 e. The van der Waals surface area contributed by atoms with Crippen molar-refractivity contribution in [2.45, 2.75) is 38.8 Å². The smallest absolute Gasteiger partial charge is 0.0483 e. The number of hydrogen-bond donors (Lipinski definition) is 1. The first-order valence-corrected chi connectivity index (χ1v) is 6.06. The van der Waals surface area contributed by atoms with Crippen LogP contribution in [-0.4, -0.2) is 18.8 Å². The van der Waals surface area contributed by atoms with Crippen LogP contribution < -0.4 is 5.32 Å². The molecule has 0 atom stereocenters. The molecule has 1 aromatic rings. The van der Waals surface area contributed by atoms with Crippen molar-refractivity contribution in [3.8, 4) is 0 Å². The lowest BCUT2D eigenvalue weighted by molar-refractivity contribution is 0.0446. The van der Waals surface area contributed by atoms with Crippen molar-refractivity contribution in [1.82, 2.24) is 5.32 Å². The van der Waals surface area contributed by atoms with Crippen molar-refractivity contribution in [2.24, 2.45) is 0 Å². The normalized spacial score (nSPS) is 19.6. The van der Waals surface area contributed by atoms with E-state index in [9.17, 15) is 0 Å². The lowest BCUT2D eigenvalue weighted by atomic mass is 9.92. The molecular formula is C14H21NO. The molecule has 2 heteroatoms. The Kier molecular flexibility index (Phi) is 3.62. The van der Waals surface area contributed by atoms with Crippen LogP contribution in [0.15, 0.2) is 24.3 Å². The van der Waals surface area contributed by atoms with E-state index in [0.29, 0.717) is 0 Å². The molecule has 0 aromatic heterocycles. The molecule has 16 heavy (non-hydrogen) atoms. The van der Waals surface area contributed by atoms with Crippen LogP contribution in [0.3, 0.4) is 0 Å². The van der Waals surface area contributed by atoms with Crippen LogP contribution in [0.25, 0.3) is 0 Å². The van der Waals surface area contributed by atoms with Gasteiger partial charge in [0, 0.05) is 25.3 Å². The topological polar surface area (TPSA) is 21.3 Å². The molecule has 0 aliphatic carbocycles. The maximum atomic E-state index is 5.40. The first-order valence-electron chi connectivity index (χ1n) is 6.06. The summed E-state index contributed by atoms with van der Waals surface area (Å²) in [5.41, 5.74) is 2.95. The molecule has 0 spiro atoms. The van der Waals surface area contributed by atoms with E-state index in [1.165, 1.54) is 11.1 Å². The monoisotopic (exact) mass is 219 g/mol. The van der Waals surface area contributed by atoms with E-state index in [4.69, 9.17) is 4.74 Å².